The van der Waals surface area contributed by atoms with Crippen molar-refractivity contribution in [2.45, 2.75) is 18.8 Å². The second-order valence-electron chi connectivity index (χ2n) is 3.09. The average molecular weight is 288 g/mol. The summed E-state index contributed by atoms with van der Waals surface area (Å²) in [5.41, 5.74) is 8.49. The van der Waals surface area contributed by atoms with Crippen molar-refractivity contribution in [2.75, 3.05) is 5.73 Å². The van der Waals surface area contributed by atoms with E-state index in [9.17, 15) is 0 Å². The van der Waals surface area contributed by atoms with Gasteiger partial charge in [0.25, 0.3) is 0 Å². The molecule has 0 spiro atoms. The summed E-state index contributed by atoms with van der Waals surface area (Å²) in [4.78, 5) is 4.18. The highest BCUT2D eigenvalue weighted by atomic mass is 79.9. The smallest absolute Gasteiger partial charge is 0.180 e. The molecule has 0 fully saturated rings. The molecule has 0 aromatic carbocycles. The minimum absolute atomic E-state index is 0.587. The van der Waals surface area contributed by atoms with Gasteiger partial charge in [-0.25, -0.2) is 9.67 Å². The molecule has 15 heavy (non-hydrogen) atoms. The molecule has 0 aliphatic heterocycles. The Morgan fingerprint density at radius 3 is 2.93 bits per heavy atom. The second-order valence-corrected chi connectivity index (χ2v) is 4.54. The van der Waals surface area contributed by atoms with E-state index in [0.29, 0.717) is 11.7 Å². The van der Waals surface area contributed by atoms with E-state index in [1.807, 2.05) is 17.0 Å². The van der Waals surface area contributed by atoms with Crippen LogP contribution in [0.3, 0.4) is 0 Å². The number of thiazole rings is 1. The minimum atomic E-state index is 0.587. The average Bonchev–Trinajstić information content (AvgIpc) is 2.76. The van der Waals surface area contributed by atoms with Crippen LogP contribution >= 0.6 is 27.3 Å². The lowest BCUT2D eigenvalue weighted by atomic mass is 10.3. The molecule has 0 aliphatic carbocycles. The van der Waals surface area contributed by atoms with Crippen molar-refractivity contribution in [1.29, 1.82) is 0 Å². The van der Waals surface area contributed by atoms with Crippen LogP contribution in [-0.4, -0.2) is 20.0 Å². The molecule has 0 amide bonds. The van der Waals surface area contributed by atoms with Crippen LogP contribution in [0, 0.1) is 6.92 Å². The van der Waals surface area contributed by atoms with Crippen molar-refractivity contribution in [2.24, 2.45) is 0 Å². The maximum Gasteiger partial charge on any atom is 0.180 e. The third kappa shape index (κ3) is 2.18. The van der Waals surface area contributed by atoms with Crippen LogP contribution in [0.1, 0.15) is 17.1 Å². The molecule has 0 unspecified atom stereocenters. The van der Waals surface area contributed by atoms with Gasteiger partial charge in [-0.3, -0.25) is 0 Å². The van der Waals surface area contributed by atoms with Crippen molar-refractivity contribution >= 4 is 32.4 Å². The summed E-state index contributed by atoms with van der Waals surface area (Å²) < 4.78 is 1.82. The number of nitrogens with zero attached hydrogens (tertiary/aromatic N) is 4. The Labute approximate surface area is 99.4 Å². The maximum absolute atomic E-state index is 5.56. The molecule has 0 saturated heterocycles. The van der Waals surface area contributed by atoms with Crippen molar-refractivity contribution in [1.82, 2.24) is 20.0 Å². The van der Waals surface area contributed by atoms with Crippen molar-refractivity contribution in [3.63, 3.8) is 0 Å². The molecule has 2 heterocycles. The Kier molecular flexibility index (Phi) is 3.01. The number of aromatic nitrogens is 4. The zero-order valence-electron chi connectivity index (χ0n) is 8.14. The molecule has 2 rings (SSSR count). The van der Waals surface area contributed by atoms with Gasteiger partial charge in [0, 0.05) is 10.7 Å². The highest BCUT2D eigenvalue weighted by Crippen LogP contribution is 2.14. The molecule has 2 aromatic heterocycles. The Hall–Kier alpha value is -0.950. The zero-order chi connectivity index (χ0) is 10.8. The molecule has 2 aromatic rings. The van der Waals surface area contributed by atoms with Crippen LogP contribution in [0.15, 0.2) is 5.38 Å². The number of hydrogen-bond acceptors (Lipinski definition) is 5. The highest BCUT2D eigenvalue weighted by molar-refractivity contribution is 9.08. The largest absolute Gasteiger partial charge is 0.375 e. The lowest BCUT2D eigenvalue weighted by Gasteiger charge is -1.99. The van der Waals surface area contributed by atoms with E-state index in [1.54, 1.807) is 0 Å². The fourth-order valence-electron chi connectivity index (χ4n) is 1.22. The lowest BCUT2D eigenvalue weighted by molar-refractivity contribution is 0.625. The first-order valence-electron chi connectivity index (χ1n) is 4.35. The van der Waals surface area contributed by atoms with E-state index in [-0.39, 0.29) is 0 Å². The number of nitrogens with two attached hydrogens (primary N) is 1. The van der Waals surface area contributed by atoms with E-state index in [4.69, 9.17) is 5.73 Å². The zero-order valence-corrected chi connectivity index (χ0v) is 10.5. The molecular weight excluding hydrogens is 278 g/mol. The summed E-state index contributed by atoms with van der Waals surface area (Å²) >= 11 is 4.80. The van der Waals surface area contributed by atoms with Crippen LogP contribution in [-0.2, 0) is 11.9 Å². The predicted octanol–water partition coefficient (Wildman–Crippen LogP) is 1.57. The Balaban J connectivity index is 2.21. The van der Waals surface area contributed by atoms with Gasteiger partial charge in [-0.1, -0.05) is 21.1 Å². The van der Waals surface area contributed by atoms with Crippen LogP contribution in [0.2, 0.25) is 0 Å². The normalized spacial score (nSPS) is 10.8. The number of alkyl halides is 1. The number of anilines is 1. The predicted molar refractivity (Wildman–Crippen MR) is 63.0 cm³/mol. The van der Waals surface area contributed by atoms with Gasteiger partial charge in [0.1, 0.15) is 0 Å². The number of nitrogen functional groups attached to an aromatic ring is 1. The van der Waals surface area contributed by atoms with Crippen LogP contribution in [0.5, 0.6) is 0 Å². The fourth-order valence-corrected chi connectivity index (χ4v) is 2.29. The van der Waals surface area contributed by atoms with Crippen LogP contribution in [0.25, 0.3) is 0 Å². The summed E-state index contributed by atoms with van der Waals surface area (Å²) in [5, 5.41) is 11.3. The van der Waals surface area contributed by atoms with E-state index >= 15 is 0 Å². The van der Waals surface area contributed by atoms with Gasteiger partial charge in [0.2, 0.25) is 0 Å². The standard InChI is InChI=1S/C8H10BrN5S/c1-5-7(2-9)12-13-14(5)3-6-4-15-8(10)11-6/h4H,2-3H2,1H3,(H2,10,11). The van der Waals surface area contributed by atoms with Crippen LogP contribution < -0.4 is 5.73 Å². The van der Waals surface area contributed by atoms with E-state index in [0.717, 1.165) is 22.4 Å². The Bertz CT molecular complexity index is 463. The Morgan fingerprint density at radius 1 is 1.60 bits per heavy atom. The number of rotatable bonds is 3. The number of hydrogen-bond donors (Lipinski definition) is 1. The van der Waals surface area contributed by atoms with Crippen molar-refractivity contribution in [3.05, 3.63) is 22.5 Å². The molecule has 0 aliphatic rings. The third-order valence-electron chi connectivity index (χ3n) is 2.09. The first-order valence-corrected chi connectivity index (χ1v) is 6.35. The number of halogens is 1. The lowest BCUT2D eigenvalue weighted by Crippen LogP contribution is -2.04. The molecule has 0 atom stereocenters. The fraction of sp³-hybridized carbons (Fsp3) is 0.375. The van der Waals surface area contributed by atoms with E-state index in [2.05, 4.69) is 31.2 Å². The summed E-state index contributed by atoms with van der Waals surface area (Å²) in [6.07, 6.45) is 0. The van der Waals surface area contributed by atoms with Crippen molar-refractivity contribution < 1.29 is 0 Å². The maximum atomic E-state index is 5.56. The van der Waals surface area contributed by atoms with Crippen molar-refractivity contribution in [3.8, 4) is 0 Å². The first-order chi connectivity index (χ1) is 7.20. The third-order valence-corrected chi connectivity index (χ3v) is 3.34. The molecule has 0 saturated carbocycles. The molecular formula is C8H10BrN5S. The molecule has 7 heteroatoms. The molecule has 0 radical (unpaired) electrons. The molecule has 80 valence electrons. The molecule has 5 nitrogen and oxygen atoms in total. The van der Waals surface area contributed by atoms with Gasteiger partial charge in [0.15, 0.2) is 5.13 Å². The second kappa shape index (κ2) is 4.28. The van der Waals surface area contributed by atoms with E-state index in [1.165, 1.54) is 11.3 Å². The molecule has 2 N–H and O–H groups in total. The van der Waals surface area contributed by atoms with Gasteiger partial charge in [-0.2, -0.15) is 0 Å². The summed E-state index contributed by atoms with van der Waals surface area (Å²) in [6.45, 7) is 2.62. The summed E-state index contributed by atoms with van der Waals surface area (Å²) in [5.74, 6) is 0. The van der Waals surface area contributed by atoms with Gasteiger partial charge in [-0.15, -0.1) is 16.4 Å². The summed E-state index contributed by atoms with van der Waals surface area (Å²) in [7, 11) is 0. The SMILES string of the molecule is Cc1c(CBr)nnn1Cc1csc(N)n1. The first kappa shape index (κ1) is 10.6. The summed E-state index contributed by atoms with van der Waals surface area (Å²) in [6, 6.07) is 0. The van der Waals surface area contributed by atoms with E-state index < -0.39 is 0 Å². The van der Waals surface area contributed by atoms with Crippen LogP contribution in [0.4, 0.5) is 5.13 Å². The quantitative estimate of drug-likeness (QED) is 0.870. The molecule has 0 bridgehead atoms. The van der Waals surface area contributed by atoms with Gasteiger partial charge >= 0.3 is 0 Å². The van der Waals surface area contributed by atoms with Gasteiger partial charge in [0.05, 0.1) is 23.6 Å². The van der Waals surface area contributed by atoms with Gasteiger partial charge < -0.3 is 5.73 Å². The van der Waals surface area contributed by atoms with Gasteiger partial charge in [-0.05, 0) is 6.92 Å². The highest BCUT2D eigenvalue weighted by Gasteiger charge is 2.08. The Morgan fingerprint density at radius 2 is 2.40 bits per heavy atom. The monoisotopic (exact) mass is 287 g/mol. The minimum Gasteiger partial charge on any atom is -0.375 e. The topological polar surface area (TPSA) is 69.6 Å².